The number of fused-ring (bicyclic) bond motifs is 4. The van der Waals surface area contributed by atoms with Gasteiger partial charge in [-0.3, -0.25) is 14.6 Å². The van der Waals surface area contributed by atoms with E-state index in [9.17, 15) is 10.1 Å². The third-order valence-electron chi connectivity index (χ3n) is 6.71. The second-order valence-corrected chi connectivity index (χ2v) is 8.04. The Hall–Kier alpha value is -2.30. The van der Waals surface area contributed by atoms with Crippen LogP contribution >= 0.6 is 0 Å². The number of carbonyl (C=O) groups excluding carboxylic acids is 1. The summed E-state index contributed by atoms with van der Waals surface area (Å²) in [5.74, 6) is 1.21. The molecule has 1 N–H and O–H groups in total. The van der Waals surface area contributed by atoms with Crippen molar-refractivity contribution in [2.75, 3.05) is 45.2 Å². The number of anilines is 1. The standard InChI is InChI=1S/C19H24N6O/c1-19-15-12(9-20)10-21-17(15)23(3)14-11-22(2)7-8-24(16(14)19)18(26)13-5-4-6-25(13)19/h10,13,21H,4-8,11H2,1-3H3/t13-,19?/m0/s1. The highest BCUT2D eigenvalue weighted by Gasteiger charge is 2.58. The van der Waals surface area contributed by atoms with Crippen LogP contribution < -0.4 is 4.90 Å². The number of nitriles is 1. The van der Waals surface area contributed by atoms with Gasteiger partial charge in [-0.15, -0.1) is 0 Å². The minimum Gasteiger partial charge on any atom is -0.346 e. The quantitative estimate of drug-likeness (QED) is 0.755. The van der Waals surface area contributed by atoms with Crippen molar-refractivity contribution in [3.8, 4) is 6.07 Å². The molecule has 1 aromatic rings. The summed E-state index contributed by atoms with van der Waals surface area (Å²) in [7, 11) is 4.14. The van der Waals surface area contributed by atoms with Gasteiger partial charge < -0.3 is 14.8 Å². The maximum Gasteiger partial charge on any atom is 0.244 e. The maximum atomic E-state index is 13.3. The van der Waals surface area contributed by atoms with Crippen molar-refractivity contribution >= 4 is 11.7 Å². The number of nitrogens with zero attached hydrogens (tertiary/aromatic N) is 5. The van der Waals surface area contributed by atoms with Crippen molar-refractivity contribution in [1.29, 1.82) is 5.26 Å². The Morgan fingerprint density at radius 2 is 2.12 bits per heavy atom. The Bertz CT molecular complexity index is 879. The number of piperazine rings is 1. The van der Waals surface area contributed by atoms with E-state index in [4.69, 9.17) is 0 Å². The highest BCUT2D eigenvalue weighted by molar-refractivity contribution is 5.88. The van der Waals surface area contributed by atoms with Crippen LogP contribution in [0, 0.1) is 11.3 Å². The molecule has 0 radical (unpaired) electrons. The normalized spacial score (nSPS) is 31.5. The zero-order valence-electron chi connectivity index (χ0n) is 15.5. The summed E-state index contributed by atoms with van der Waals surface area (Å²) in [5.41, 5.74) is 3.50. The minimum atomic E-state index is -0.442. The zero-order valence-corrected chi connectivity index (χ0v) is 15.5. The number of hydrogen-bond acceptors (Lipinski definition) is 5. The van der Waals surface area contributed by atoms with Gasteiger partial charge in [-0.1, -0.05) is 0 Å². The molecular formula is C19H24N6O. The van der Waals surface area contributed by atoms with E-state index in [1.807, 2.05) is 18.1 Å². The van der Waals surface area contributed by atoms with E-state index in [0.29, 0.717) is 12.1 Å². The number of aromatic nitrogens is 1. The fourth-order valence-electron chi connectivity index (χ4n) is 5.51. The SMILES string of the molecule is CN1CCN2C(=O)[C@@H]3CCCN3C3(C)C2=C(C1)N(C)c1[nH]cc(C#N)c13. The molecule has 2 saturated heterocycles. The number of hydrogen-bond donors (Lipinski definition) is 1. The van der Waals surface area contributed by atoms with E-state index < -0.39 is 5.54 Å². The lowest BCUT2D eigenvalue weighted by molar-refractivity contribution is -0.142. The molecule has 2 atom stereocenters. The molecule has 136 valence electrons. The van der Waals surface area contributed by atoms with Crippen LogP contribution in [-0.2, 0) is 10.3 Å². The molecule has 4 aliphatic heterocycles. The predicted octanol–water partition coefficient (Wildman–Crippen LogP) is 1.01. The Balaban J connectivity index is 1.84. The first kappa shape index (κ1) is 15.9. The lowest BCUT2D eigenvalue weighted by Gasteiger charge is -2.55. The second kappa shape index (κ2) is 5.12. The first-order valence-corrected chi connectivity index (χ1v) is 9.34. The number of H-pyrrole nitrogens is 1. The molecule has 2 fully saturated rings. The van der Waals surface area contributed by atoms with E-state index in [0.717, 1.165) is 55.3 Å². The monoisotopic (exact) mass is 352 g/mol. The number of carbonyl (C=O) groups is 1. The molecule has 1 unspecified atom stereocenters. The van der Waals surface area contributed by atoms with Gasteiger partial charge >= 0.3 is 0 Å². The first-order chi connectivity index (χ1) is 12.5. The lowest BCUT2D eigenvalue weighted by Crippen LogP contribution is -2.64. The van der Waals surface area contributed by atoms with Gasteiger partial charge in [-0.05, 0) is 26.8 Å². The smallest absolute Gasteiger partial charge is 0.244 e. The van der Waals surface area contributed by atoms with Crippen molar-refractivity contribution in [2.45, 2.75) is 31.3 Å². The van der Waals surface area contributed by atoms with Crippen LogP contribution in [0.1, 0.15) is 30.9 Å². The molecule has 7 heteroatoms. The first-order valence-electron chi connectivity index (χ1n) is 9.34. The molecule has 0 spiro atoms. The van der Waals surface area contributed by atoms with Gasteiger partial charge in [-0.25, -0.2) is 0 Å². The average Bonchev–Trinajstić information content (AvgIpc) is 3.24. The van der Waals surface area contributed by atoms with Crippen LogP contribution in [0.15, 0.2) is 17.6 Å². The summed E-state index contributed by atoms with van der Waals surface area (Å²) in [6.07, 6.45) is 3.75. The summed E-state index contributed by atoms with van der Waals surface area (Å²) in [6, 6.07) is 2.30. The minimum absolute atomic E-state index is 0.0777. The van der Waals surface area contributed by atoms with Crippen molar-refractivity contribution in [2.24, 2.45) is 0 Å². The summed E-state index contributed by atoms with van der Waals surface area (Å²) < 4.78 is 0. The molecule has 5 heterocycles. The molecule has 0 saturated carbocycles. The third kappa shape index (κ3) is 1.71. The lowest BCUT2D eigenvalue weighted by atomic mass is 9.78. The van der Waals surface area contributed by atoms with Crippen LogP contribution in [0.25, 0.3) is 0 Å². The molecule has 0 bridgehead atoms. The van der Waals surface area contributed by atoms with Crippen LogP contribution in [0.4, 0.5) is 5.82 Å². The number of amides is 1. The van der Waals surface area contributed by atoms with Gasteiger partial charge in [0, 0.05) is 45.0 Å². The van der Waals surface area contributed by atoms with Gasteiger partial charge in [0.2, 0.25) is 5.91 Å². The summed E-state index contributed by atoms with van der Waals surface area (Å²) >= 11 is 0. The van der Waals surface area contributed by atoms with Gasteiger partial charge in [0.25, 0.3) is 0 Å². The largest absolute Gasteiger partial charge is 0.346 e. The fraction of sp³-hybridized carbons (Fsp3) is 0.579. The molecule has 1 aromatic heterocycles. The van der Waals surface area contributed by atoms with E-state index in [1.54, 1.807) is 0 Å². The van der Waals surface area contributed by atoms with E-state index >= 15 is 0 Å². The number of nitrogens with one attached hydrogen (secondary N) is 1. The third-order valence-corrected chi connectivity index (χ3v) is 6.71. The van der Waals surface area contributed by atoms with Gasteiger partial charge in [-0.2, -0.15) is 5.26 Å². The molecule has 7 nitrogen and oxygen atoms in total. The van der Waals surface area contributed by atoms with Crippen molar-refractivity contribution < 1.29 is 4.79 Å². The van der Waals surface area contributed by atoms with Crippen LogP contribution in [0.2, 0.25) is 0 Å². The van der Waals surface area contributed by atoms with Crippen molar-refractivity contribution in [3.05, 3.63) is 28.7 Å². The fourth-order valence-corrected chi connectivity index (χ4v) is 5.51. The van der Waals surface area contributed by atoms with E-state index in [1.165, 1.54) is 0 Å². The van der Waals surface area contributed by atoms with E-state index in [2.05, 4.69) is 39.7 Å². The predicted molar refractivity (Wildman–Crippen MR) is 97.2 cm³/mol. The molecule has 0 aliphatic carbocycles. The van der Waals surface area contributed by atoms with Crippen LogP contribution in [0.5, 0.6) is 0 Å². The molecule has 26 heavy (non-hydrogen) atoms. The summed E-state index contributed by atoms with van der Waals surface area (Å²) in [4.78, 5) is 25.5. The molecule has 5 rings (SSSR count). The number of rotatable bonds is 0. The molecule has 4 aliphatic rings. The maximum absolute atomic E-state index is 13.3. The van der Waals surface area contributed by atoms with Crippen molar-refractivity contribution in [3.63, 3.8) is 0 Å². The Morgan fingerprint density at radius 1 is 1.31 bits per heavy atom. The van der Waals surface area contributed by atoms with Gasteiger partial charge in [0.1, 0.15) is 11.9 Å². The highest BCUT2D eigenvalue weighted by Crippen LogP contribution is 2.54. The average molecular weight is 352 g/mol. The topological polar surface area (TPSA) is 69.6 Å². The van der Waals surface area contributed by atoms with Crippen LogP contribution in [-0.4, -0.2) is 71.9 Å². The highest BCUT2D eigenvalue weighted by atomic mass is 16.2. The molecule has 0 aromatic carbocycles. The summed E-state index contributed by atoms with van der Waals surface area (Å²) in [5, 5.41) is 9.75. The molecular weight excluding hydrogens is 328 g/mol. The summed E-state index contributed by atoms with van der Waals surface area (Å²) in [6.45, 7) is 5.47. The number of aromatic amines is 1. The number of likely N-dealkylation sites (N-methyl/N-ethyl adjacent to an activating group) is 2. The second-order valence-electron chi connectivity index (χ2n) is 8.04. The van der Waals surface area contributed by atoms with Crippen LogP contribution in [0.3, 0.4) is 0 Å². The Kier molecular flexibility index (Phi) is 3.13. The molecule has 1 amide bonds. The van der Waals surface area contributed by atoms with Gasteiger partial charge in [0.05, 0.1) is 28.5 Å². The van der Waals surface area contributed by atoms with Gasteiger partial charge in [0.15, 0.2) is 0 Å². The Morgan fingerprint density at radius 3 is 2.88 bits per heavy atom. The zero-order chi connectivity index (χ0) is 18.2. The Labute approximate surface area is 153 Å². The van der Waals surface area contributed by atoms with Crippen molar-refractivity contribution in [1.82, 2.24) is 19.7 Å². The van der Waals surface area contributed by atoms with E-state index in [-0.39, 0.29) is 11.9 Å².